The molecule has 0 saturated carbocycles. The maximum atomic E-state index is 5.18. The van der Waals surface area contributed by atoms with Gasteiger partial charge < -0.3 is 9.30 Å². The van der Waals surface area contributed by atoms with Crippen LogP contribution in [0.1, 0.15) is 17.6 Å². The molecule has 1 aliphatic rings. The lowest BCUT2D eigenvalue weighted by Crippen LogP contribution is -1.98. The summed E-state index contributed by atoms with van der Waals surface area (Å²) in [6.45, 7) is 5.10. The Balaban J connectivity index is 2.44. The van der Waals surface area contributed by atoms with Crippen LogP contribution in [0, 0.1) is 13.8 Å². The minimum absolute atomic E-state index is 0.343. The first kappa shape index (κ1) is 5.98. The van der Waals surface area contributed by atoms with Crippen molar-refractivity contribution in [3.8, 4) is 0 Å². The third-order valence-electron chi connectivity index (χ3n) is 1.93. The van der Waals surface area contributed by atoms with Crippen molar-refractivity contribution in [3.63, 3.8) is 0 Å². The highest BCUT2D eigenvalue weighted by molar-refractivity contribution is 5.15. The second kappa shape index (κ2) is 1.86. The Morgan fingerprint density at radius 1 is 1.40 bits per heavy atom. The Kier molecular flexibility index (Phi) is 1.11. The van der Waals surface area contributed by atoms with Crippen LogP contribution in [0.15, 0.2) is 12.1 Å². The normalized spacial score (nSPS) is 23.2. The third-order valence-corrected chi connectivity index (χ3v) is 1.93. The fourth-order valence-electron chi connectivity index (χ4n) is 1.33. The van der Waals surface area contributed by atoms with E-state index in [9.17, 15) is 0 Å². The minimum atomic E-state index is 0.343. The minimum Gasteiger partial charge on any atom is -0.351 e. The Morgan fingerprint density at radius 2 is 1.90 bits per heavy atom. The zero-order chi connectivity index (χ0) is 7.14. The average Bonchev–Trinajstić information content (AvgIpc) is 2.64. The van der Waals surface area contributed by atoms with Crippen LogP contribution in [-0.4, -0.2) is 11.2 Å². The van der Waals surface area contributed by atoms with E-state index >= 15 is 0 Å². The molecule has 2 rings (SSSR count). The quantitative estimate of drug-likeness (QED) is 0.538. The summed E-state index contributed by atoms with van der Waals surface area (Å²) in [4.78, 5) is 0. The van der Waals surface area contributed by atoms with Gasteiger partial charge in [-0.2, -0.15) is 0 Å². The van der Waals surface area contributed by atoms with Gasteiger partial charge in [-0.3, -0.25) is 0 Å². The monoisotopic (exact) mass is 137 g/mol. The number of hydrogen-bond donors (Lipinski definition) is 0. The summed E-state index contributed by atoms with van der Waals surface area (Å²) in [5.41, 5.74) is 2.58. The summed E-state index contributed by atoms with van der Waals surface area (Å²) < 4.78 is 7.40. The third kappa shape index (κ3) is 0.762. The standard InChI is InChI=1S/C8H11NO/c1-6-3-4-7(2)9(6)8-5-10-8/h3-4,8H,5H2,1-2H3. The second-order valence-corrected chi connectivity index (χ2v) is 2.77. The Morgan fingerprint density at radius 3 is 2.30 bits per heavy atom. The molecule has 54 valence electrons. The van der Waals surface area contributed by atoms with Gasteiger partial charge in [0.05, 0.1) is 6.61 Å². The average molecular weight is 137 g/mol. The first-order valence-corrected chi connectivity index (χ1v) is 3.55. The highest BCUT2D eigenvalue weighted by Crippen LogP contribution is 2.26. The largest absolute Gasteiger partial charge is 0.351 e. The van der Waals surface area contributed by atoms with Crippen molar-refractivity contribution in [3.05, 3.63) is 23.5 Å². The van der Waals surface area contributed by atoms with Crippen molar-refractivity contribution in [2.45, 2.75) is 20.1 Å². The van der Waals surface area contributed by atoms with E-state index < -0.39 is 0 Å². The van der Waals surface area contributed by atoms with Gasteiger partial charge in [-0.15, -0.1) is 0 Å². The fraction of sp³-hybridized carbons (Fsp3) is 0.500. The molecule has 1 aliphatic heterocycles. The van der Waals surface area contributed by atoms with Gasteiger partial charge in [0.15, 0.2) is 6.23 Å². The van der Waals surface area contributed by atoms with E-state index in [1.165, 1.54) is 11.4 Å². The summed E-state index contributed by atoms with van der Waals surface area (Å²) in [7, 11) is 0. The number of hydrogen-bond acceptors (Lipinski definition) is 1. The van der Waals surface area contributed by atoms with Gasteiger partial charge in [0.2, 0.25) is 0 Å². The molecule has 2 heteroatoms. The molecule has 2 nitrogen and oxygen atoms in total. The molecule has 0 N–H and O–H groups in total. The number of aromatic nitrogens is 1. The van der Waals surface area contributed by atoms with Crippen molar-refractivity contribution in [2.24, 2.45) is 0 Å². The highest BCUT2D eigenvalue weighted by Gasteiger charge is 2.26. The smallest absolute Gasteiger partial charge is 0.157 e. The van der Waals surface area contributed by atoms with Crippen LogP contribution in [0.4, 0.5) is 0 Å². The van der Waals surface area contributed by atoms with Crippen molar-refractivity contribution in [2.75, 3.05) is 6.61 Å². The molecule has 1 saturated heterocycles. The molecular weight excluding hydrogens is 126 g/mol. The predicted molar refractivity (Wildman–Crippen MR) is 38.9 cm³/mol. The summed E-state index contributed by atoms with van der Waals surface area (Å²) in [6, 6.07) is 4.24. The van der Waals surface area contributed by atoms with Crippen molar-refractivity contribution < 1.29 is 4.74 Å². The van der Waals surface area contributed by atoms with E-state index in [0.29, 0.717) is 6.23 Å². The SMILES string of the molecule is Cc1ccc(C)n1C1CO1. The van der Waals surface area contributed by atoms with Crippen LogP contribution >= 0.6 is 0 Å². The van der Waals surface area contributed by atoms with Crippen LogP contribution in [0.3, 0.4) is 0 Å². The number of epoxide rings is 1. The second-order valence-electron chi connectivity index (χ2n) is 2.77. The molecule has 1 atom stereocenters. The number of rotatable bonds is 1. The number of ether oxygens (including phenoxy) is 1. The lowest BCUT2D eigenvalue weighted by molar-refractivity contribution is 0.349. The molecule has 2 heterocycles. The van der Waals surface area contributed by atoms with E-state index in [0.717, 1.165) is 6.61 Å². The zero-order valence-corrected chi connectivity index (χ0v) is 6.29. The van der Waals surface area contributed by atoms with E-state index in [4.69, 9.17) is 4.74 Å². The van der Waals surface area contributed by atoms with E-state index in [-0.39, 0.29) is 0 Å². The summed E-state index contributed by atoms with van der Waals surface area (Å²) in [6.07, 6.45) is 0.343. The van der Waals surface area contributed by atoms with Gasteiger partial charge in [-0.25, -0.2) is 0 Å². The van der Waals surface area contributed by atoms with E-state index in [2.05, 4.69) is 30.5 Å². The molecule has 0 amide bonds. The molecule has 1 fully saturated rings. The van der Waals surface area contributed by atoms with Gasteiger partial charge in [0.1, 0.15) is 0 Å². The molecular formula is C8H11NO. The van der Waals surface area contributed by atoms with Crippen LogP contribution in [0.25, 0.3) is 0 Å². The molecule has 1 aromatic heterocycles. The highest BCUT2D eigenvalue weighted by atomic mass is 16.6. The van der Waals surface area contributed by atoms with E-state index in [1.807, 2.05) is 0 Å². The summed E-state index contributed by atoms with van der Waals surface area (Å²) in [5, 5.41) is 0. The maximum Gasteiger partial charge on any atom is 0.157 e. The van der Waals surface area contributed by atoms with E-state index in [1.54, 1.807) is 0 Å². The maximum absolute atomic E-state index is 5.18. The van der Waals surface area contributed by atoms with Gasteiger partial charge in [0, 0.05) is 11.4 Å². The first-order valence-electron chi connectivity index (χ1n) is 3.55. The zero-order valence-electron chi connectivity index (χ0n) is 6.29. The Labute approximate surface area is 60.4 Å². The van der Waals surface area contributed by atoms with Crippen LogP contribution < -0.4 is 0 Å². The molecule has 0 spiro atoms. The van der Waals surface area contributed by atoms with Gasteiger partial charge in [-0.1, -0.05) is 0 Å². The molecule has 10 heavy (non-hydrogen) atoms. The van der Waals surface area contributed by atoms with Crippen LogP contribution in [0.2, 0.25) is 0 Å². The van der Waals surface area contributed by atoms with Gasteiger partial charge in [-0.05, 0) is 26.0 Å². The van der Waals surface area contributed by atoms with Crippen LogP contribution in [0.5, 0.6) is 0 Å². The Bertz CT molecular complexity index is 228. The molecule has 1 aromatic rings. The van der Waals surface area contributed by atoms with Gasteiger partial charge in [0.25, 0.3) is 0 Å². The molecule has 0 aromatic carbocycles. The molecule has 0 bridgehead atoms. The number of aryl methyl sites for hydroxylation is 2. The van der Waals surface area contributed by atoms with Crippen molar-refractivity contribution in [1.29, 1.82) is 0 Å². The van der Waals surface area contributed by atoms with Gasteiger partial charge >= 0.3 is 0 Å². The molecule has 1 unspecified atom stereocenters. The molecule has 0 radical (unpaired) electrons. The summed E-state index contributed by atoms with van der Waals surface area (Å²) >= 11 is 0. The lowest BCUT2D eigenvalue weighted by atomic mass is 10.5. The fourth-order valence-corrected chi connectivity index (χ4v) is 1.33. The lowest BCUT2D eigenvalue weighted by Gasteiger charge is -2.02. The number of nitrogens with zero attached hydrogens (tertiary/aromatic N) is 1. The first-order chi connectivity index (χ1) is 4.79. The predicted octanol–water partition coefficient (Wildman–Crippen LogP) is 1.63. The topological polar surface area (TPSA) is 17.5 Å². The Hall–Kier alpha value is -0.760. The molecule has 0 aliphatic carbocycles. The van der Waals surface area contributed by atoms with Crippen LogP contribution in [-0.2, 0) is 4.74 Å². The summed E-state index contributed by atoms with van der Waals surface area (Å²) in [5.74, 6) is 0. The van der Waals surface area contributed by atoms with Crippen molar-refractivity contribution in [1.82, 2.24) is 4.57 Å². The van der Waals surface area contributed by atoms with Crippen molar-refractivity contribution >= 4 is 0 Å².